The molecule has 3 heterocycles. The molecule has 7 nitrogen and oxygen atoms in total. The Morgan fingerprint density at radius 3 is 2.36 bits per heavy atom. The molecule has 4 rings (SSSR count). The summed E-state index contributed by atoms with van der Waals surface area (Å²) in [5.74, 6) is 6.65. The Hall–Kier alpha value is -3.31. The van der Waals surface area contributed by atoms with E-state index in [0.29, 0.717) is 28.6 Å². The first-order chi connectivity index (χ1) is 17.0. The van der Waals surface area contributed by atoms with Crippen LogP contribution < -0.4 is 4.74 Å². The second kappa shape index (κ2) is 9.62. The molecule has 1 aliphatic heterocycles. The van der Waals surface area contributed by atoms with Crippen molar-refractivity contribution in [3.63, 3.8) is 0 Å². The summed E-state index contributed by atoms with van der Waals surface area (Å²) < 4.78 is 5.13. The van der Waals surface area contributed by atoms with E-state index in [2.05, 4.69) is 64.6 Å². The van der Waals surface area contributed by atoms with Crippen molar-refractivity contribution in [3.05, 3.63) is 83.1 Å². The fourth-order valence-electron chi connectivity index (χ4n) is 5.03. The minimum Gasteiger partial charge on any atom is -0.481 e. The highest BCUT2D eigenvalue weighted by molar-refractivity contribution is 5.45. The van der Waals surface area contributed by atoms with Crippen LogP contribution in [-0.2, 0) is 11.2 Å². The number of rotatable bonds is 6. The predicted octanol–water partition coefficient (Wildman–Crippen LogP) is 3.45. The lowest BCUT2D eigenvalue weighted by Crippen LogP contribution is -2.63. The van der Waals surface area contributed by atoms with E-state index in [1.807, 2.05) is 25.2 Å². The fraction of sp³-hybridized carbons (Fsp3) is 0.414. The standard InChI is InChI=1S/C29H34N4O3/c1-20(2)22-7-9-23(10-8-22)29(35,27(3)17-33(5)18-27)24-13-21(15-30-16-24)11-12-28(4,34)25-14-26(36-6)32-19-31-25/h7-10,13-16,19-20,34-35H,17-18H2,1-6H3. The summed E-state index contributed by atoms with van der Waals surface area (Å²) >= 11 is 0. The number of hydrogen-bond donors (Lipinski definition) is 2. The van der Waals surface area contributed by atoms with Gasteiger partial charge in [0.25, 0.3) is 0 Å². The number of nitrogens with zero attached hydrogens (tertiary/aromatic N) is 4. The molecular weight excluding hydrogens is 452 g/mol. The maximum absolute atomic E-state index is 12.4. The Labute approximate surface area is 213 Å². The average molecular weight is 487 g/mol. The molecule has 2 atom stereocenters. The number of benzene rings is 1. The minimum absolute atomic E-state index is 0.331. The number of ether oxygens (including phenoxy) is 1. The van der Waals surface area contributed by atoms with Gasteiger partial charge >= 0.3 is 0 Å². The highest BCUT2D eigenvalue weighted by atomic mass is 16.5. The van der Waals surface area contributed by atoms with Gasteiger partial charge in [-0.05, 0) is 37.1 Å². The monoisotopic (exact) mass is 486 g/mol. The molecule has 2 N–H and O–H groups in total. The van der Waals surface area contributed by atoms with Crippen LogP contribution in [0.3, 0.4) is 0 Å². The summed E-state index contributed by atoms with van der Waals surface area (Å²) in [7, 11) is 3.55. The van der Waals surface area contributed by atoms with Gasteiger partial charge in [-0.3, -0.25) is 4.98 Å². The molecule has 36 heavy (non-hydrogen) atoms. The van der Waals surface area contributed by atoms with Gasteiger partial charge in [-0.25, -0.2) is 9.97 Å². The van der Waals surface area contributed by atoms with Crippen LogP contribution in [0.5, 0.6) is 5.88 Å². The molecule has 0 aliphatic carbocycles. The van der Waals surface area contributed by atoms with Gasteiger partial charge in [0, 0.05) is 48.1 Å². The van der Waals surface area contributed by atoms with Gasteiger partial charge in [0.1, 0.15) is 11.9 Å². The third kappa shape index (κ3) is 4.72. The average Bonchev–Trinajstić information content (AvgIpc) is 2.86. The number of pyridine rings is 1. The molecule has 0 radical (unpaired) electrons. The van der Waals surface area contributed by atoms with Crippen molar-refractivity contribution in [1.82, 2.24) is 19.9 Å². The second-order valence-corrected chi connectivity index (χ2v) is 10.5. The smallest absolute Gasteiger partial charge is 0.216 e. The van der Waals surface area contributed by atoms with Crippen LogP contribution >= 0.6 is 0 Å². The summed E-state index contributed by atoms with van der Waals surface area (Å²) in [5, 5.41) is 23.3. The Bertz CT molecular complexity index is 1290. The molecule has 1 fully saturated rings. The highest BCUT2D eigenvalue weighted by Gasteiger charge is 2.55. The van der Waals surface area contributed by atoms with Crippen molar-refractivity contribution in [2.45, 2.75) is 44.8 Å². The molecule has 188 valence electrons. The summed E-state index contributed by atoms with van der Waals surface area (Å²) in [5.41, 5.74) is 0.441. The van der Waals surface area contributed by atoms with Gasteiger partial charge in [0.05, 0.1) is 12.8 Å². The topological polar surface area (TPSA) is 91.6 Å². The highest BCUT2D eigenvalue weighted by Crippen LogP contribution is 2.50. The molecule has 0 saturated carbocycles. The van der Waals surface area contributed by atoms with Crippen molar-refractivity contribution in [2.75, 3.05) is 27.2 Å². The maximum atomic E-state index is 12.4. The summed E-state index contributed by atoms with van der Waals surface area (Å²) in [4.78, 5) is 14.7. The third-order valence-electron chi connectivity index (χ3n) is 7.06. The van der Waals surface area contributed by atoms with E-state index in [9.17, 15) is 10.2 Å². The zero-order valence-electron chi connectivity index (χ0n) is 21.8. The Kier molecular flexibility index (Phi) is 6.89. The quantitative estimate of drug-likeness (QED) is 0.516. The molecule has 1 saturated heterocycles. The van der Waals surface area contributed by atoms with E-state index in [4.69, 9.17) is 4.74 Å². The van der Waals surface area contributed by atoms with Crippen molar-refractivity contribution < 1.29 is 14.9 Å². The molecule has 2 aromatic heterocycles. The summed E-state index contributed by atoms with van der Waals surface area (Å²) in [6.07, 6.45) is 4.66. The SMILES string of the molecule is COc1cc(C(C)(O)C#Cc2cncc(C(O)(c3ccc(C(C)C)cc3)C3(C)CN(C)C3)c2)ncn1. The molecule has 1 aliphatic rings. The first kappa shape index (κ1) is 25.8. The van der Waals surface area contributed by atoms with Crippen LogP contribution in [0.15, 0.2) is 55.1 Å². The van der Waals surface area contributed by atoms with E-state index in [1.54, 1.807) is 25.4 Å². The first-order valence-corrected chi connectivity index (χ1v) is 12.1. The van der Waals surface area contributed by atoms with E-state index in [0.717, 1.165) is 18.7 Å². The number of hydrogen-bond acceptors (Lipinski definition) is 7. The second-order valence-electron chi connectivity index (χ2n) is 10.5. The van der Waals surface area contributed by atoms with Crippen LogP contribution in [0, 0.1) is 17.3 Å². The van der Waals surface area contributed by atoms with Crippen molar-refractivity contribution >= 4 is 0 Å². The van der Waals surface area contributed by atoms with E-state index < -0.39 is 16.6 Å². The van der Waals surface area contributed by atoms with E-state index in [1.165, 1.54) is 19.0 Å². The molecule has 3 aromatic rings. The largest absolute Gasteiger partial charge is 0.481 e. The molecule has 0 amide bonds. The minimum atomic E-state index is -1.53. The van der Waals surface area contributed by atoms with Gasteiger partial charge in [-0.2, -0.15) is 0 Å². The van der Waals surface area contributed by atoms with E-state index >= 15 is 0 Å². The molecule has 1 aromatic carbocycles. The zero-order chi connectivity index (χ0) is 26.1. The van der Waals surface area contributed by atoms with Crippen molar-refractivity contribution in [2.24, 2.45) is 5.41 Å². The first-order valence-electron chi connectivity index (χ1n) is 12.1. The van der Waals surface area contributed by atoms with Gasteiger partial charge in [-0.15, -0.1) is 0 Å². The Balaban J connectivity index is 1.74. The summed E-state index contributed by atoms with van der Waals surface area (Å²) in [6, 6.07) is 11.6. The van der Waals surface area contributed by atoms with Gasteiger partial charge in [0.15, 0.2) is 5.60 Å². The van der Waals surface area contributed by atoms with Gasteiger partial charge in [-0.1, -0.05) is 56.9 Å². The normalized spacial score (nSPS) is 18.4. The van der Waals surface area contributed by atoms with Crippen LogP contribution in [0.2, 0.25) is 0 Å². The zero-order valence-corrected chi connectivity index (χ0v) is 21.8. The lowest BCUT2D eigenvalue weighted by molar-refractivity contribution is -0.127. The molecule has 0 spiro atoms. The van der Waals surface area contributed by atoms with Gasteiger partial charge < -0.3 is 19.8 Å². The lowest BCUT2D eigenvalue weighted by Gasteiger charge is -2.55. The van der Waals surface area contributed by atoms with Crippen LogP contribution in [0.1, 0.15) is 61.6 Å². The number of aromatic nitrogens is 3. The number of methoxy groups -OCH3 is 1. The molecular formula is C29H34N4O3. The van der Waals surface area contributed by atoms with E-state index in [-0.39, 0.29) is 0 Å². The lowest BCUT2D eigenvalue weighted by atomic mass is 9.62. The van der Waals surface area contributed by atoms with Gasteiger partial charge in [0.2, 0.25) is 5.88 Å². The summed E-state index contributed by atoms with van der Waals surface area (Å²) in [6.45, 7) is 9.47. The molecule has 7 heteroatoms. The Morgan fingerprint density at radius 1 is 1.06 bits per heavy atom. The number of likely N-dealkylation sites (tertiary alicyclic amines) is 1. The van der Waals surface area contributed by atoms with Crippen LogP contribution in [0.25, 0.3) is 0 Å². The number of aliphatic hydroxyl groups is 2. The fourth-order valence-corrected chi connectivity index (χ4v) is 5.03. The Morgan fingerprint density at radius 2 is 1.75 bits per heavy atom. The van der Waals surface area contributed by atoms with Crippen LogP contribution in [-0.4, -0.2) is 57.3 Å². The van der Waals surface area contributed by atoms with Crippen LogP contribution in [0.4, 0.5) is 0 Å². The third-order valence-corrected chi connectivity index (χ3v) is 7.06. The maximum Gasteiger partial charge on any atom is 0.216 e. The van der Waals surface area contributed by atoms with Crippen molar-refractivity contribution in [3.8, 4) is 17.7 Å². The molecule has 2 unspecified atom stereocenters. The molecule has 0 bridgehead atoms. The predicted molar refractivity (Wildman–Crippen MR) is 138 cm³/mol. The van der Waals surface area contributed by atoms with Crippen molar-refractivity contribution in [1.29, 1.82) is 0 Å².